The Morgan fingerprint density at radius 3 is 2.62 bits per heavy atom. The number of carbonyl (C=O) groups is 1. The monoisotopic (exact) mass is 337 g/mol. The summed E-state index contributed by atoms with van der Waals surface area (Å²) in [5.41, 5.74) is 0. The maximum Gasteiger partial charge on any atom is 0.246 e. The number of aryl methyl sites for hydroxylation is 1. The third kappa shape index (κ3) is 4.31. The summed E-state index contributed by atoms with van der Waals surface area (Å²) in [5.74, 6) is 1.31. The first-order valence-electron chi connectivity index (χ1n) is 8.65. The molecule has 2 fully saturated rings. The average Bonchev–Trinajstić information content (AvgIpc) is 2.99. The van der Waals surface area contributed by atoms with Gasteiger partial charge in [0.05, 0.1) is 6.10 Å². The maximum absolute atomic E-state index is 12.4. The molecule has 24 heavy (non-hydrogen) atoms. The lowest BCUT2D eigenvalue weighted by Gasteiger charge is -2.36. The predicted molar refractivity (Wildman–Crippen MR) is 87.5 cm³/mol. The standard InChI is InChI=1S/C16H27N5O3/c1-12-10-20(11-14(23-12)16-18-17-13(2)24-16)5-4-15(22)21-8-6-19(3)7-9-21/h12,14H,4-11H2,1-3H3/t12-,14-/m1/s1. The van der Waals surface area contributed by atoms with Crippen molar-refractivity contribution in [1.82, 2.24) is 24.9 Å². The molecule has 1 aromatic rings. The van der Waals surface area contributed by atoms with Crippen molar-refractivity contribution in [2.75, 3.05) is 52.9 Å². The van der Waals surface area contributed by atoms with Crippen molar-refractivity contribution in [3.8, 4) is 0 Å². The van der Waals surface area contributed by atoms with Crippen molar-refractivity contribution in [2.24, 2.45) is 0 Å². The first-order valence-corrected chi connectivity index (χ1v) is 8.65. The number of piperazine rings is 1. The molecule has 1 aromatic heterocycles. The number of rotatable bonds is 4. The van der Waals surface area contributed by atoms with Crippen LogP contribution in [0.3, 0.4) is 0 Å². The zero-order valence-corrected chi connectivity index (χ0v) is 14.8. The minimum atomic E-state index is -0.214. The molecule has 0 aliphatic carbocycles. The number of hydrogen-bond acceptors (Lipinski definition) is 7. The van der Waals surface area contributed by atoms with Crippen molar-refractivity contribution in [1.29, 1.82) is 0 Å². The van der Waals surface area contributed by atoms with Crippen molar-refractivity contribution in [3.05, 3.63) is 11.8 Å². The Morgan fingerprint density at radius 2 is 1.96 bits per heavy atom. The van der Waals surface area contributed by atoms with Gasteiger partial charge in [-0.05, 0) is 14.0 Å². The number of morpholine rings is 1. The molecule has 1 amide bonds. The Morgan fingerprint density at radius 1 is 1.21 bits per heavy atom. The van der Waals surface area contributed by atoms with Crippen LogP contribution in [0.4, 0.5) is 0 Å². The second kappa shape index (κ2) is 7.58. The third-order valence-corrected chi connectivity index (χ3v) is 4.65. The number of nitrogens with zero attached hydrogens (tertiary/aromatic N) is 5. The second-order valence-corrected chi connectivity index (χ2v) is 6.79. The van der Waals surface area contributed by atoms with Crippen LogP contribution in [0, 0.1) is 6.92 Å². The van der Waals surface area contributed by atoms with Gasteiger partial charge in [-0.2, -0.15) is 0 Å². The summed E-state index contributed by atoms with van der Waals surface area (Å²) in [6.45, 7) is 9.62. The van der Waals surface area contributed by atoms with Crippen LogP contribution in [0.2, 0.25) is 0 Å². The van der Waals surface area contributed by atoms with Crippen LogP contribution in [0.5, 0.6) is 0 Å². The molecule has 0 spiro atoms. The van der Waals surface area contributed by atoms with Gasteiger partial charge in [0, 0.05) is 59.2 Å². The van der Waals surface area contributed by atoms with E-state index in [-0.39, 0.29) is 18.1 Å². The quantitative estimate of drug-likeness (QED) is 0.782. The molecule has 3 rings (SSSR count). The van der Waals surface area contributed by atoms with E-state index in [2.05, 4.69) is 27.0 Å². The van der Waals surface area contributed by atoms with Crippen LogP contribution in [-0.2, 0) is 9.53 Å². The summed E-state index contributed by atoms with van der Waals surface area (Å²) in [6, 6.07) is 0. The SMILES string of the molecule is Cc1nnc([C@H]2CN(CCC(=O)N3CCN(C)CC3)C[C@@H](C)O2)o1. The van der Waals surface area contributed by atoms with Crippen LogP contribution in [0.25, 0.3) is 0 Å². The number of carbonyl (C=O) groups excluding carboxylic acids is 1. The average molecular weight is 337 g/mol. The molecule has 0 radical (unpaired) electrons. The largest absolute Gasteiger partial charge is 0.423 e. The van der Waals surface area contributed by atoms with Gasteiger partial charge in [0.2, 0.25) is 17.7 Å². The molecule has 134 valence electrons. The molecule has 2 aliphatic rings. The summed E-state index contributed by atoms with van der Waals surface area (Å²) >= 11 is 0. The zero-order chi connectivity index (χ0) is 17.1. The first-order chi connectivity index (χ1) is 11.5. The highest BCUT2D eigenvalue weighted by atomic mass is 16.5. The van der Waals surface area contributed by atoms with Gasteiger partial charge in [-0.15, -0.1) is 10.2 Å². The summed E-state index contributed by atoms with van der Waals surface area (Å²) in [7, 11) is 2.09. The Balaban J connectivity index is 1.50. The predicted octanol–water partition coefficient (Wildman–Crippen LogP) is 0.304. The fraction of sp³-hybridized carbons (Fsp3) is 0.812. The summed E-state index contributed by atoms with van der Waals surface area (Å²) in [5, 5.41) is 7.94. The lowest BCUT2D eigenvalue weighted by molar-refractivity contribution is -0.134. The molecule has 3 heterocycles. The highest BCUT2D eigenvalue weighted by Crippen LogP contribution is 2.24. The summed E-state index contributed by atoms with van der Waals surface area (Å²) < 4.78 is 11.4. The van der Waals surface area contributed by atoms with E-state index >= 15 is 0 Å². The van der Waals surface area contributed by atoms with Gasteiger partial charge in [-0.3, -0.25) is 9.69 Å². The van der Waals surface area contributed by atoms with Gasteiger partial charge >= 0.3 is 0 Å². The Bertz CT molecular complexity index is 556. The molecule has 2 saturated heterocycles. The molecule has 8 nitrogen and oxygen atoms in total. The molecule has 8 heteroatoms. The molecule has 0 unspecified atom stereocenters. The van der Waals surface area contributed by atoms with Crippen molar-refractivity contribution in [2.45, 2.75) is 32.5 Å². The van der Waals surface area contributed by atoms with Crippen LogP contribution < -0.4 is 0 Å². The summed E-state index contributed by atoms with van der Waals surface area (Å²) in [6.07, 6.45) is 0.412. The molecule has 0 N–H and O–H groups in total. The van der Waals surface area contributed by atoms with E-state index in [0.717, 1.165) is 39.3 Å². The van der Waals surface area contributed by atoms with E-state index < -0.39 is 0 Å². The zero-order valence-electron chi connectivity index (χ0n) is 14.8. The molecule has 0 saturated carbocycles. The van der Waals surface area contributed by atoms with Crippen LogP contribution >= 0.6 is 0 Å². The molecular formula is C16H27N5O3. The Hall–Kier alpha value is -1.51. The first kappa shape index (κ1) is 17.3. The van der Waals surface area contributed by atoms with Crippen molar-refractivity contribution in [3.63, 3.8) is 0 Å². The van der Waals surface area contributed by atoms with Crippen molar-refractivity contribution >= 4 is 5.91 Å². The fourth-order valence-electron chi connectivity index (χ4n) is 3.27. The van der Waals surface area contributed by atoms with E-state index in [1.54, 1.807) is 6.92 Å². The molecule has 0 bridgehead atoms. The number of ether oxygens (including phenoxy) is 1. The third-order valence-electron chi connectivity index (χ3n) is 4.65. The van der Waals surface area contributed by atoms with E-state index in [1.165, 1.54) is 0 Å². The van der Waals surface area contributed by atoms with Gasteiger partial charge in [-0.25, -0.2) is 0 Å². The highest BCUT2D eigenvalue weighted by Gasteiger charge is 2.30. The Labute approximate surface area is 142 Å². The molecule has 2 atom stereocenters. The molecule has 2 aliphatic heterocycles. The number of hydrogen-bond donors (Lipinski definition) is 0. The fourth-order valence-corrected chi connectivity index (χ4v) is 3.27. The maximum atomic E-state index is 12.4. The normalized spacial score (nSPS) is 26.7. The van der Waals surface area contributed by atoms with Gasteiger partial charge in [0.1, 0.15) is 6.10 Å². The smallest absolute Gasteiger partial charge is 0.246 e. The molecular weight excluding hydrogens is 310 g/mol. The van der Waals surface area contributed by atoms with Crippen molar-refractivity contribution < 1.29 is 13.9 Å². The van der Waals surface area contributed by atoms with Gasteiger partial charge in [-0.1, -0.05) is 0 Å². The van der Waals surface area contributed by atoms with E-state index in [0.29, 0.717) is 24.7 Å². The minimum absolute atomic E-state index is 0.0784. The van der Waals surface area contributed by atoms with Gasteiger partial charge < -0.3 is 19.0 Å². The van der Waals surface area contributed by atoms with Crippen LogP contribution in [0.15, 0.2) is 4.42 Å². The lowest BCUT2D eigenvalue weighted by atomic mass is 10.2. The lowest BCUT2D eigenvalue weighted by Crippen LogP contribution is -2.48. The number of amides is 1. The highest BCUT2D eigenvalue weighted by molar-refractivity contribution is 5.76. The second-order valence-electron chi connectivity index (χ2n) is 6.79. The van der Waals surface area contributed by atoms with Crippen LogP contribution in [0.1, 0.15) is 31.2 Å². The van der Waals surface area contributed by atoms with Crippen LogP contribution in [-0.4, -0.2) is 89.8 Å². The topological polar surface area (TPSA) is 74.9 Å². The number of likely N-dealkylation sites (N-methyl/N-ethyl adjacent to an activating group) is 1. The number of aromatic nitrogens is 2. The summed E-state index contributed by atoms with van der Waals surface area (Å²) in [4.78, 5) is 18.9. The van der Waals surface area contributed by atoms with E-state index in [4.69, 9.17) is 9.15 Å². The van der Waals surface area contributed by atoms with Gasteiger partial charge in [0.25, 0.3) is 0 Å². The van der Waals surface area contributed by atoms with E-state index in [9.17, 15) is 4.79 Å². The van der Waals surface area contributed by atoms with E-state index in [1.807, 2.05) is 11.8 Å². The van der Waals surface area contributed by atoms with Gasteiger partial charge in [0.15, 0.2) is 0 Å². The molecule has 0 aromatic carbocycles. The Kier molecular flexibility index (Phi) is 5.47. The minimum Gasteiger partial charge on any atom is -0.423 e.